The third kappa shape index (κ3) is 2.14. The Labute approximate surface area is 77.2 Å². The summed E-state index contributed by atoms with van der Waals surface area (Å²) in [6, 6.07) is 6.59. The van der Waals surface area contributed by atoms with Gasteiger partial charge in [-0.05, 0) is 12.5 Å². The molecule has 1 atom stereocenters. The predicted octanol–water partition coefficient (Wildman–Crippen LogP) is 0.881. The molecule has 0 aliphatic carbocycles. The highest BCUT2D eigenvalue weighted by Gasteiger charge is 2.11. The summed E-state index contributed by atoms with van der Waals surface area (Å²) in [6.07, 6.45) is 0. The fourth-order valence-corrected chi connectivity index (χ4v) is 1.24. The first-order chi connectivity index (χ1) is 6.16. The van der Waals surface area contributed by atoms with Crippen LogP contribution < -0.4 is 5.73 Å². The molecule has 3 N–H and O–H groups in total. The first-order valence-corrected chi connectivity index (χ1v) is 4.13. The van der Waals surface area contributed by atoms with Crippen LogP contribution in [0.4, 0.5) is 0 Å². The molecule has 0 aliphatic rings. The number of hydrogen-bond donors (Lipinski definition) is 2. The molecule has 1 aromatic carbocycles. The molecular weight excluding hydrogens is 166 g/mol. The smallest absolute Gasteiger partial charge is 0.160 e. The fraction of sp³-hybridized carbons (Fsp3) is 0.300. The molecule has 70 valence electrons. The maximum Gasteiger partial charge on any atom is 0.160 e. The molecule has 0 saturated heterocycles. The monoisotopic (exact) mass is 179 g/mol. The zero-order valence-electron chi connectivity index (χ0n) is 7.53. The first kappa shape index (κ1) is 9.89. The van der Waals surface area contributed by atoms with Gasteiger partial charge in [-0.25, -0.2) is 0 Å². The molecule has 0 aliphatic heterocycles. The standard InChI is InChI=1S/C10H13NO2/c1-7(13)8-4-2-3-5-9(8)10(11)6-12/h2-5,10,12H,6,11H2,1H3/t10-/m1/s1. The van der Waals surface area contributed by atoms with Crippen LogP contribution in [0.5, 0.6) is 0 Å². The van der Waals surface area contributed by atoms with Crippen molar-refractivity contribution in [2.24, 2.45) is 5.73 Å². The Bertz CT molecular complexity index is 310. The van der Waals surface area contributed by atoms with Crippen molar-refractivity contribution in [3.05, 3.63) is 35.4 Å². The van der Waals surface area contributed by atoms with E-state index in [0.717, 1.165) is 0 Å². The molecule has 0 amide bonds. The number of aliphatic hydroxyl groups excluding tert-OH is 1. The van der Waals surface area contributed by atoms with Gasteiger partial charge in [-0.1, -0.05) is 24.3 Å². The van der Waals surface area contributed by atoms with Gasteiger partial charge in [0.25, 0.3) is 0 Å². The average Bonchev–Trinajstić information content (AvgIpc) is 2.16. The highest BCUT2D eigenvalue weighted by Crippen LogP contribution is 2.15. The Hall–Kier alpha value is -1.19. The van der Waals surface area contributed by atoms with Crippen molar-refractivity contribution in [3.63, 3.8) is 0 Å². The molecule has 0 bridgehead atoms. The van der Waals surface area contributed by atoms with Gasteiger partial charge in [0.05, 0.1) is 12.6 Å². The molecule has 0 aromatic heterocycles. The lowest BCUT2D eigenvalue weighted by atomic mass is 9.99. The maximum atomic E-state index is 11.1. The lowest BCUT2D eigenvalue weighted by molar-refractivity contribution is 0.101. The van der Waals surface area contributed by atoms with Gasteiger partial charge in [-0.3, -0.25) is 4.79 Å². The molecule has 0 unspecified atom stereocenters. The van der Waals surface area contributed by atoms with Crippen molar-refractivity contribution in [3.8, 4) is 0 Å². The van der Waals surface area contributed by atoms with E-state index in [0.29, 0.717) is 11.1 Å². The lowest BCUT2D eigenvalue weighted by Crippen LogP contribution is -2.17. The molecule has 3 nitrogen and oxygen atoms in total. The van der Waals surface area contributed by atoms with Crippen molar-refractivity contribution in [2.75, 3.05) is 6.61 Å². The largest absolute Gasteiger partial charge is 0.394 e. The van der Waals surface area contributed by atoms with E-state index in [1.54, 1.807) is 24.3 Å². The van der Waals surface area contributed by atoms with Crippen LogP contribution in [0.2, 0.25) is 0 Å². The number of aliphatic hydroxyl groups is 1. The Balaban J connectivity index is 3.11. The van der Waals surface area contributed by atoms with E-state index in [2.05, 4.69) is 0 Å². The van der Waals surface area contributed by atoms with Crippen LogP contribution in [0.25, 0.3) is 0 Å². The second-order valence-corrected chi connectivity index (χ2v) is 2.93. The summed E-state index contributed by atoms with van der Waals surface area (Å²) < 4.78 is 0. The van der Waals surface area contributed by atoms with Gasteiger partial charge in [0.1, 0.15) is 0 Å². The van der Waals surface area contributed by atoms with Gasteiger partial charge in [-0.2, -0.15) is 0 Å². The quantitative estimate of drug-likeness (QED) is 0.677. The van der Waals surface area contributed by atoms with E-state index in [4.69, 9.17) is 10.8 Å². The van der Waals surface area contributed by atoms with E-state index in [1.807, 2.05) is 0 Å². The van der Waals surface area contributed by atoms with Crippen LogP contribution in [0, 0.1) is 0 Å². The van der Waals surface area contributed by atoms with Crippen LogP contribution in [0.1, 0.15) is 28.9 Å². The SMILES string of the molecule is CC(=O)c1ccccc1[C@H](N)CO. The van der Waals surface area contributed by atoms with Gasteiger partial charge < -0.3 is 10.8 Å². The molecule has 1 rings (SSSR count). The molecule has 0 saturated carbocycles. The van der Waals surface area contributed by atoms with E-state index in [9.17, 15) is 4.79 Å². The summed E-state index contributed by atoms with van der Waals surface area (Å²) in [7, 11) is 0. The van der Waals surface area contributed by atoms with Crippen LogP contribution in [0.15, 0.2) is 24.3 Å². The molecule has 13 heavy (non-hydrogen) atoms. The summed E-state index contributed by atoms with van der Waals surface area (Å²) in [4.78, 5) is 11.1. The van der Waals surface area contributed by atoms with Crippen molar-refractivity contribution >= 4 is 5.78 Å². The predicted molar refractivity (Wildman–Crippen MR) is 50.5 cm³/mol. The summed E-state index contributed by atoms with van der Waals surface area (Å²) in [5.41, 5.74) is 6.92. The molecule has 1 aromatic rings. The summed E-state index contributed by atoms with van der Waals surface area (Å²) in [5.74, 6) is -0.0282. The third-order valence-corrected chi connectivity index (χ3v) is 1.94. The molecule has 0 fully saturated rings. The summed E-state index contributed by atoms with van der Waals surface area (Å²) in [6.45, 7) is 1.34. The van der Waals surface area contributed by atoms with Gasteiger partial charge in [-0.15, -0.1) is 0 Å². The Kier molecular flexibility index (Phi) is 3.17. The van der Waals surface area contributed by atoms with Crippen LogP contribution >= 0.6 is 0 Å². The van der Waals surface area contributed by atoms with E-state index in [-0.39, 0.29) is 12.4 Å². The molecule has 0 radical (unpaired) electrons. The fourth-order valence-electron chi connectivity index (χ4n) is 1.24. The number of benzene rings is 1. The highest BCUT2D eigenvalue weighted by atomic mass is 16.3. The topological polar surface area (TPSA) is 63.3 Å². The van der Waals surface area contributed by atoms with E-state index in [1.165, 1.54) is 6.92 Å². The molecule has 0 heterocycles. The number of rotatable bonds is 3. The number of ketones is 1. The maximum absolute atomic E-state index is 11.1. The zero-order chi connectivity index (χ0) is 9.84. The third-order valence-electron chi connectivity index (χ3n) is 1.94. The Morgan fingerprint density at radius 2 is 2.15 bits per heavy atom. The number of hydrogen-bond acceptors (Lipinski definition) is 3. The van der Waals surface area contributed by atoms with Gasteiger partial charge >= 0.3 is 0 Å². The average molecular weight is 179 g/mol. The zero-order valence-corrected chi connectivity index (χ0v) is 7.53. The number of Topliss-reactive ketones (excluding diaryl/α,β-unsaturated/α-hetero) is 1. The van der Waals surface area contributed by atoms with Crippen molar-refractivity contribution in [2.45, 2.75) is 13.0 Å². The summed E-state index contributed by atoms with van der Waals surface area (Å²) in [5, 5.41) is 8.86. The van der Waals surface area contributed by atoms with Gasteiger partial charge in [0.15, 0.2) is 5.78 Å². The van der Waals surface area contributed by atoms with Crippen molar-refractivity contribution in [1.29, 1.82) is 0 Å². The van der Waals surface area contributed by atoms with E-state index >= 15 is 0 Å². The molecule has 3 heteroatoms. The minimum atomic E-state index is -0.472. The molecule has 0 spiro atoms. The van der Waals surface area contributed by atoms with Gasteiger partial charge in [0.2, 0.25) is 0 Å². The first-order valence-electron chi connectivity index (χ1n) is 4.13. The van der Waals surface area contributed by atoms with E-state index < -0.39 is 6.04 Å². The minimum Gasteiger partial charge on any atom is -0.394 e. The number of nitrogens with two attached hydrogens (primary N) is 1. The second kappa shape index (κ2) is 4.16. The summed E-state index contributed by atoms with van der Waals surface area (Å²) >= 11 is 0. The van der Waals surface area contributed by atoms with Crippen LogP contribution in [0.3, 0.4) is 0 Å². The minimum absolute atomic E-state index is 0.0282. The number of carbonyl (C=O) groups excluding carboxylic acids is 1. The van der Waals surface area contributed by atoms with Crippen LogP contribution in [-0.4, -0.2) is 17.5 Å². The second-order valence-electron chi connectivity index (χ2n) is 2.93. The normalized spacial score (nSPS) is 12.5. The van der Waals surface area contributed by atoms with Crippen molar-refractivity contribution < 1.29 is 9.90 Å². The number of carbonyl (C=O) groups is 1. The van der Waals surface area contributed by atoms with Crippen molar-refractivity contribution in [1.82, 2.24) is 0 Å². The lowest BCUT2D eigenvalue weighted by Gasteiger charge is -2.11. The highest BCUT2D eigenvalue weighted by molar-refractivity contribution is 5.95. The Morgan fingerprint density at radius 3 is 2.69 bits per heavy atom. The molecular formula is C10H13NO2. The van der Waals surface area contributed by atoms with Gasteiger partial charge in [0, 0.05) is 5.56 Å². The van der Waals surface area contributed by atoms with Crippen LogP contribution in [-0.2, 0) is 0 Å². The Morgan fingerprint density at radius 1 is 1.54 bits per heavy atom.